The first-order valence-electron chi connectivity index (χ1n) is 6.59. The van der Waals surface area contributed by atoms with Gasteiger partial charge in [-0.3, -0.25) is 14.5 Å². The van der Waals surface area contributed by atoms with E-state index >= 15 is 0 Å². The summed E-state index contributed by atoms with van der Waals surface area (Å²) in [6.07, 6.45) is 1.56. The Hall–Kier alpha value is -1.89. The van der Waals surface area contributed by atoms with Crippen LogP contribution in [0.15, 0.2) is 23.4 Å². The smallest absolute Gasteiger partial charge is 0.338 e. The van der Waals surface area contributed by atoms with Gasteiger partial charge in [0.15, 0.2) is 0 Å². The van der Waals surface area contributed by atoms with E-state index in [9.17, 15) is 14.4 Å². The predicted octanol–water partition coefficient (Wildman–Crippen LogP) is 1.66. The van der Waals surface area contributed by atoms with E-state index in [-0.39, 0.29) is 34.7 Å². The van der Waals surface area contributed by atoms with Crippen molar-refractivity contribution in [3.63, 3.8) is 0 Å². The number of carboxylic acid groups (broad SMARTS) is 1. The molecule has 6 nitrogen and oxygen atoms in total. The maximum absolute atomic E-state index is 12.2. The second kappa shape index (κ2) is 6.26. The Morgan fingerprint density at radius 2 is 2.24 bits per heavy atom. The van der Waals surface area contributed by atoms with Crippen molar-refractivity contribution < 1.29 is 19.5 Å². The molecular weight excluding hydrogens is 292 g/mol. The van der Waals surface area contributed by atoms with E-state index in [4.69, 9.17) is 5.11 Å². The summed E-state index contributed by atoms with van der Waals surface area (Å²) in [5, 5.41) is 8.79. The van der Waals surface area contributed by atoms with Gasteiger partial charge in [0.2, 0.25) is 11.8 Å². The molecule has 0 saturated carbocycles. The number of carbonyl (C=O) groups excluding carboxylic acids is 2. The molecular formula is C14H16N2O4S. The Bertz CT molecular complexity index is 588. The molecule has 1 aromatic rings. The number of rotatable bonds is 5. The number of amides is 2. The lowest BCUT2D eigenvalue weighted by molar-refractivity contribution is -0.138. The fraction of sp³-hybridized carbons (Fsp3) is 0.429. The van der Waals surface area contributed by atoms with E-state index in [1.165, 1.54) is 23.2 Å². The van der Waals surface area contributed by atoms with E-state index in [1.54, 1.807) is 0 Å². The molecule has 7 heteroatoms. The van der Waals surface area contributed by atoms with Crippen molar-refractivity contribution in [2.24, 2.45) is 5.92 Å². The average molecular weight is 308 g/mol. The normalized spacial score (nSPS) is 18.6. The Balaban J connectivity index is 2.16. The number of carbonyl (C=O) groups is 3. The van der Waals surface area contributed by atoms with Gasteiger partial charge in [-0.25, -0.2) is 9.78 Å². The van der Waals surface area contributed by atoms with Crippen molar-refractivity contribution in [2.45, 2.75) is 30.5 Å². The van der Waals surface area contributed by atoms with Gasteiger partial charge < -0.3 is 5.11 Å². The fourth-order valence-electron chi connectivity index (χ4n) is 2.08. The Morgan fingerprint density at radius 3 is 2.86 bits per heavy atom. The predicted molar refractivity (Wildman–Crippen MR) is 77.0 cm³/mol. The van der Waals surface area contributed by atoms with Crippen LogP contribution in [0.2, 0.25) is 0 Å². The molecule has 0 aromatic carbocycles. The minimum absolute atomic E-state index is 0.0464. The van der Waals surface area contributed by atoms with Crippen molar-refractivity contribution >= 4 is 29.5 Å². The van der Waals surface area contributed by atoms with Gasteiger partial charge in [-0.05, 0) is 18.1 Å². The summed E-state index contributed by atoms with van der Waals surface area (Å²) in [7, 11) is 0. The highest BCUT2D eigenvalue weighted by atomic mass is 32.2. The largest absolute Gasteiger partial charge is 0.478 e. The number of aromatic carboxylic acids is 1. The number of hydrogen-bond acceptors (Lipinski definition) is 5. The maximum atomic E-state index is 12.2. The summed E-state index contributed by atoms with van der Waals surface area (Å²) in [6.45, 7) is 4.26. The molecule has 0 unspecified atom stereocenters. The quantitative estimate of drug-likeness (QED) is 0.832. The van der Waals surface area contributed by atoms with Gasteiger partial charge in [0.05, 0.1) is 10.8 Å². The molecule has 1 atom stereocenters. The molecule has 0 aliphatic carbocycles. The topological polar surface area (TPSA) is 87.6 Å². The number of likely N-dealkylation sites (tertiary alicyclic amines) is 1. The molecule has 112 valence electrons. The summed E-state index contributed by atoms with van der Waals surface area (Å²) in [6, 6.07) is 2.96. The SMILES string of the molecule is CC(C)CN1C(=O)C[C@H](Sc2ncccc2C(=O)O)C1=O. The lowest BCUT2D eigenvalue weighted by atomic mass is 10.2. The van der Waals surface area contributed by atoms with Gasteiger partial charge in [-0.2, -0.15) is 0 Å². The zero-order valence-corrected chi connectivity index (χ0v) is 12.6. The van der Waals surface area contributed by atoms with E-state index in [0.717, 1.165) is 11.8 Å². The molecule has 1 aliphatic rings. The molecule has 2 amide bonds. The van der Waals surface area contributed by atoms with Crippen LogP contribution in [0.25, 0.3) is 0 Å². The molecule has 1 saturated heterocycles. The van der Waals surface area contributed by atoms with Crippen molar-refractivity contribution in [1.29, 1.82) is 0 Å². The molecule has 1 fully saturated rings. The standard InChI is InChI=1S/C14H16N2O4S/c1-8(2)7-16-11(17)6-10(13(16)18)21-12-9(14(19)20)4-3-5-15-12/h3-5,8,10H,6-7H2,1-2H3,(H,19,20)/t10-/m0/s1. The first-order valence-corrected chi connectivity index (χ1v) is 7.47. The minimum atomic E-state index is -1.10. The molecule has 0 bridgehead atoms. The Kier molecular flexibility index (Phi) is 4.62. The van der Waals surface area contributed by atoms with Gasteiger partial charge in [0.1, 0.15) is 5.03 Å². The number of pyridine rings is 1. The monoisotopic (exact) mass is 308 g/mol. The van der Waals surface area contributed by atoms with Crippen LogP contribution >= 0.6 is 11.8 Å². The highest BCUT2D eigenvalue weighted by Gasteiger charge is 2.39. The maximum Gasteiger partial charge on any atom is 0.338 e. The number of nitrogens with zero attached hydrogens (tertiary/aromatic N) is 2. The zero-order valence-electron chi connectivity index (χ0n) is 11.8. The molecule has 2 heterocycles. The lowest BCUT2D eigenvalue weighted by Gasteiger charge is -2.17. The van der Waals surface area contributed by atoms with Crippen molar-refractivity contribution in [3.05, 3.63) is 23.9 Å². The third-order valence-corrected chi connectivity index (χ3v) is 4.21. The first kappa shape index (κ1) is 15.5. The number of imide groups is 1. The van der Waals surface area contributed by atoms with E-state index in [1.807, 2.05) is 13.8 Å². The fourth-order valence-corrected chi connectivity index (χ4v) is 3.21. The van der Waals surface area contributed by atoms with Crippen molar-refractivity contribution in [2.75, 3.05) is 6.54 Å². The van der Waals surface area contributed by atoms with Gasteiger partial charge in [0, 0.05) is 19.2 Å². The van der Waals surface area contributed by atoms with Crippen LogP contribution in [-0.2, 0) is 9.59 Å². The summed E-state index contributed by atoms with van der Waals surface area (Å²) in [4.78, 5) is 40.5. The van der Waals surface area contributed by atoms with E-state index in [2.05, 4.69) is 4.98 Å². The molecule has 2 rings (SSSR count). The number of thioether (sulfide) groups is 1. The Morgan fingerprint density at radius 1 is 1.52 bits per heavy atom. The lowest BCUT2D eigenvalue weighted by Crippen LogP contribution is -2.34. The van der Waals surface area contributed by atoms with Crippen LogP contribution in [-0.4, -0.2) is 44.6 Å². The summed E-state index contributed by atoms with van der Waals surface area (Å²) in [5.74, 6) is -1.37. The average Bonchev–Trinajstić information content (AvgIpc) is 2.66. The van der Waals surface area contributed by atoms with Crippen LogP contribution in [0, 0.1) is 5.92 Å². The van der Waals surface area contributed by atoms with Crippen LogP contribution < -0.4 is 0 Å². The highest BCUT2D eigenvalue weighted by Crippen LogP contribution is 2.32. The summed E-state index contributed by atoms with van der Waals surface area (Å²) < 4.78 is 0. The second-order valence-electron chi connectivity index (χ2n) is 5.21. The van der Waals surface area contributed by atoms with Gasteiger partial charge in [-0.15, -0.1) is 0 Å². The first-order chi connectivity index (χ1) is 9.90. The molecule has 0 spiro atoms. The molecule has 1 aromatic heterocycles. The molecule has 21 heavy (non-hydrogen) atoms. The van der Waals surface area contributed by atoms with E-state index < -0.39 is 11.2 Å². The Labute approximate surface area is 126 Å². The van der Waals surface area contributed by atoms with Gasteiger partial charge in [-0.1, -0.05) is 25.6 Å². The highest BCUT2D eigenvalue weighted by molar-refractivity contribution is 8.00. The van der Waals surface area contributed by atoms with Gasteiger partial charge in [0.25, 0.3) is 0 Å². The second-order valence-corrected chi connectivity index (χ2v) is 6.40. The van der Waals surface area contributed by atoms with Crippen LogP contribution in [0.5, 0.6) is 0 Å². The third kappa shape index (κ3) is 3.41. The van der Waals surface area contributed by atoms with Crippen molar-refractivity contribution in [1.82, 2.24) is 9.88 Å². The molecule has 0 radical (unpaired) electrons. The van der Waals surface area contributed by atoms with Gasteiger partial charge >= 0.3 is 5.97 Å². The van der Waals surface area contributed by atoms with Crippen LogP contribution in [0.1, 0.15) is 30.6 Å². The van der Waals surface area contributed by atoms with Crippen LogP contribution in [0.3, 0.4) is 0 Å². The van der Waals surface area contributed by atoms with Crippen molar-refractivity contribution in [3.8, 4) is 0 Å². The molecule has 1 aliphatic heterocycles. The number of carboxylic acids is 1. The number of aromatic nitrogens is 1. The molecule has 1 N–H and O–H groups in total. The zero-order chi connectivity index (χ0) is 15.6. The minimum Gasteiger partial charge on any atom is -0.478 e. The number of hydrogen-bond donors (Lipinski definition) is 1. The summed E-state index contributed by atoms with van der Waals surface area (Å²) >= 11 is 1.04. The summed E-state index contributed by atoms with van der Waals surface area (Å²) in [5.41, 5.74) is 0.0464. The van der Waals surface area contributed by atoms with Crippen LogP contribution in [0.4, 0.5) is 0 Å². The third-order valence-electron chi connectivity index (χ3n) is 3.01. The van der Waals surface area contributed by atoms with E-state index in [0.29, 0.717) is 6.54 Å².